The fourth-order valence-electron chi connectivity index (χ4n) is 2.32. The highest BCUT2D eigenvalue weighted by atomic mass is 32.2. The minimum Gasteiger partial charge on any atom is -0.380 e. The van der Waals surface area contributed by atoms with Gasteiger partial charge in [0.05, 0.1) is 12.6 Å². The van der Waals surface area contributed by atoms with Crippen LogP contribution in [0.25, 0.3) is 0 Å². The molecule has 0 amide bonds. The molecule has 0 spiro atoms. The van der Waals surface area contributed by atoms with Crippen LogP contribution in [0.4, 0.5) is 0 Å². The van der Waals surface area contributed by atoms with Gasteiger partial charge in [0.2, 0.25) is 10.0 Å². The van der Waals surface area contributed by atoms with Gasteiger partial charge in [0, 0.05) is 39.1 Å². The lowest BCUT2D eigenvalue weighted by molar-refractivity contribution is 0.181. The van der Waals surface area contributed by atoms with E-state index in [1.807, 2.05) is 18.5 Å². The number of hydrogen-bond donors (Lipinski definition) is 1. The first-order valence-electron chi connectivity index (χ1n) is 6.88. The summed E-state index contributed by atoms with van der Waals surface area (Å²) in [5.41, 5.74) is 0.960. The molecule has 114 valence electrons. The fraction of sp³-hybridized carbons (Fsp3) is 0.692. The first kappa shape index (κ1) is 15.5. The molecule has 0 aliphatic carbocycles. The third-order valence-electron chi connectivity index (χ3n) is 3.74. The Morgan fingerprint density at radius 2 is 2.30 bits per heavy atom. The van der Waals surface area contributed by atoms with Gasteiger partial charge in [-0.3, -0.25) is 0 Å². The highest BCUT2D eigenvalue weighted by Gasteiger charge is 2.31. The molecule has 0 radical (unpaired) electrons. The van der Waals surface area contributed by atoms with E-state index in [0.717, 1.165) is 18.7 Å². The van der Waals surface area contributed by atoms with E-state index in [1.54, 1.807) is 19.3 Å². The largest absolute Gasteiger partial charge is 0.380 e. The third-order valence-corrected chi connectivity index (χ3v) is 5.61. The maximum absolute atomic E-state index is 12.6. The third kappa shape index (κ3) is 3.06. The van der Waals surface area contributed by atoms with E-state index in [-0.39, 0.29) is 6.04 Å². The van der Waals surface area contributed by atoms with E-state index >= 15 is 0 Å². The highest BCUT2D eigenvalue weighted by Crippen LogP contribution is 2.22. The summed E-state index contributed by atoms with van der Waals surface area (Å²) in [6.45, 7) is 4.65. The van der Waals surface area contributed by atoms with E-state index in [9.17, 15) is 8.42 Å². The Morgan fingerprint density at radius 3 is 2.90 bits per heavy atom. The van der Waals surface area contributed by atoms with Crippen LogP contribution in [0.1, 0.15) is 19.0 Å². The minimum absolute atomic E-state index is 0.0579. The van der Waals surface area contributed by atoms with Crippen LogP contribution < -0.4 is 5.32 Å². The van der Waals surface area contributed by atoms with Crippen molar-refractivity contribution in [2.75, 3.05) is 26.8 Å². The van der Waals surface area contributed by atoms with Crippen LogP contribution in [0.2, 0.25) is 0 Å². The van der Waals surface area contributed by atoms with Crippen LogP contribution in [0.15, 0.2) is 17.2 Å². The van der Waals surface area contributed by atoms with Gasteiger partial charge >= 0.3 is 0 Å². The molecule has 1 unspecified atom stereocenters. The maximum Gasteiger partial charge on any atom is 0.244 e. The smallest absolute Gasteiger partial charge is 0.244 e. The lowest BCUT2D eigenvalue weighted by Crippen LogP contribution is -2.37. The van der Waals surface area contributed by atoms with Crippen molar-refractivity contribution in [3.63, 3.8) is 0 Å². The Balaban J connectivity index is 2.20. The second-order valence-corrected chi connectivity index (χ2v) is 7.09. The number of sulfonamides is 1. The first-order chi connectivity index (χ1) is 9.46. The Hall–Kier alpha value is -0.890. The van der Waals surface area contributed by atoms with Gasteiger partial charge in [0.25, 0.3) is 0 Å². The number of hydrogen-bond acceptors (Lipinski definition) is 4. The molecule has 2 heterocycles. The molecule has 20 heavy (non-hydrogen) atoms. The number of nitrogens with one attached hydrogen (secondary N) is 1. The molecule has 7 heteroatoms. The standard InChI is InChI=1S/C13H23N3O3S/c1-4-14-8-12-7-13(9-15(12)2)20(17,18)16(3)11-5-6-19-10-11/h7,9,11,14H,4-6,8,10H2,1-3H3. The summed E-state index contributed by atoms with van der Waals surface area (Å²) < 4.78 is 33.8. The molecule has 0 bridgehead atoms. The zero-order chi connectivity index (χ0) is 14.8. The molecule has 1 aliphatic rings. The van der Waals surface area contributed by atoms with E-state index < -0.39 is 10.0 Å². The van der Waals surface area contributed by atoms with Crippen molar-refractivity contribution in [1.29, 1.82) is 0 Å². The average molecular weight is 301 g/mol. The van der Waals surface area contributed by atoms with Crippen molar-refractivity contribution in [3.8, 4) is 0 Å². The molecular formula is C13H23N3O3S. The molecule has 2 rings (SSSR count). The number of nitrogens with zero attached hydrogens (tertiary/aromatic N) is 2. The summed E-state index contributed by atoms with van der Waals surface area (Å²) in [5, 5.41) is 3.21. The van der Waals surface area contributed by atoms with E-state index in [0.29, 0.717) is 24.7 Å². The summed E-state index contributed by atoms with van der Waals surface area (Å²) in [7, 11) is 0.0517. The number of likely N-dealkylation sites (N-methyl/N-ethyl adjacent to an activating group) is 1. The van der Waals surface area contributed by atoms with Crippen LogP contribution >= 0.6 is 0 Å². The van der Waals surface area contributed by atoms with Gasteiger partial charge in [-0.25, -0.2) is 8.42 Å². The van der Waals surface area contributed by atoms with Crippen molar-refractivity contribution in [2.45, 2.75) is 30.8 Å². The molecular weight excluding hydrogens is 278 g/mol. The molecule has 0 saturated carbocycles. The summed E-state index contributed by atoms with van der Waals surface area (Å²) in [5.74, 6) is 0. The predicted octanol–water partition coefficient (Wildman–Crippen LogP) is 0.544. The molecule has 1 aromatic rings. The second-order valence-electron chi connectivity index (χ2n) is 5.10. The average Bonchev–Trinajstić information content (AvgIpc) is 3.05. The molecule has 1 fully saturated rings. The van der Waals surface area contributed by atoms with E-state index in [4.69, 9.17) is 4.74 Å². The zero-order valence-corrected chi connectivity index (χ0v) is 13.1. The summed E-state index contributed by atoms with van der Waals surface area (Å²) in [6.07, 6.45) is 2.43. The molecule has 1 N–H and O–H groups in total. The van der Waals surface area contributed by atoms with E-state index in [2.05, 4.69) is 5.32 Å². The number of ether oxygens (including phenoxy) is 1. The highest BCUT2D eigenvalue weighted by molar-refractivity contribution is 7.89. The fourth-order valence-corrected chi connectivity index (χ4v) is 3.79. The Morgan fingerprint density at radius 1 is 1.55 bits per heavy atom. The summed E-state index contributed by atoms with van der Waals surface area (Å²) >= 11 is 0. The number of aryl methyl sites for hydroxylation is 1. The predicted molar refractivity (Wildman–Crippen MR) is 77.0 cm³/mol. The van der Waals surface area contributed by atoms with Crippen LogP contribution in [-0.2, 0) is 28.4 Å². The van der Waals surface area contributed by atoms with Gasteiger partial charge in [-0.1, -0.05) is 6.92 Å². The van der Waals surface area contributed by atoms with Gasteiger partial charge in [-0.05, 0) is 19.0 Å². The van der Waals surface area contributed by atoms with Crippen LogP contribution in [0, 0.1) is 0 Å². The Kier molecular flexibility index (Phi) is 4.85. The van der Waals surface area contributed by atoms with Crippen LogP contribution in [0.5, 0.6) is 0 Å². The van der Waals surface area contributed by atoms with Crippen LogP contribution in [-0.4, -0.2) is 50.1 Å². The van der Waals surface area contributed by atoms with Gasteiger partial charge in [-0.15, -0.1) is 0 Å². The quantitative estimate of drug-likeness (QED) is 0.833. The van der Waals surface area contributed by atoms with E-state index in [1.165, 1.54) is 4.31 Å². The van der Waals surface area contributed by atoms with Crippen molar-refractivity contribution in [2.24, 2.45) is 7.05 Å². The Bertz CT molecular complexity index is 547. The number of rotatable bonds is 6. The zero-order valence-electron chi connectivity index (χ0n) is 12.3. The molecule has 1 atom stereocenters. The SMILES string of the molecule is CCNCc1cc(S(=O)(=O)N(C)C2CCOC2)cn1C. The lowest BCUT2D eigenvalue weighted by atomic mass is 10.3. The van der Waals surface area contributed by atoms with Crippen molar-refractivity contribution >= 4 is 10.0 Å². The van der Waals surface area contributed by atoms with Crippen molar-refractivity contribution < 1.29 is 13.2 Å². The van der Waals surface area contributed by atoms with Crippen LogP contribution in [0.3, 0.4) is 0 Å². The van der Waals surface area contributed by atoms with Gasteiger partial charge < -0.3 is 14.6 Å². The van der Waals surface area contributed by atoms with Crippen molar-refractivity contribution in [1.82, 2.24) is 14.2 Å². The molecule has 1 aromatic heterocycles. The van der Waals surface area contributed by atoms with Gasteiger partial charge in [0.15, 0.2) is 0 Å². The molecule has 0 aromatic carbocycles. The molecule has 6 nitrogen and oxygen atoms in total. The molecule has 1 aliphatic heterocycles. The lowest BCUT2D eigenvalue weighted by Gasteiger charge is -2.21. The van der Waals surface area contributed by atoms with Gasteiger partial charge in [0.1, 0.15) is 4.90 Å². The Labute approximate surface area is 120 Å². The topological polar surface area (TPSA) is 63.6 Å². The summed E-state index contributed by atoms with van der Waals surface area (Å²) in [4.78, 5) is 0.349. The minimum atomic E-state index is -3.44. The second kappa shape index (κ2) is 6.26. The van der Waals surface area contributed by atoms with Crippen molar-refractivity contribution in [3.05, 3.63) is 18.0 Å². The first-order valence-corrected chi connectivity index (χ1v) is 8.32. The monoisotopic (exact) mass is 301 g/mol. The maximum atomic E-state index is 12.6. The van der Waals surface area contributed by atoms with Gasteiger partial charge in [-0.2, -0.15) is 4.31 Å². The number of aromatic nitrogens is 1. The molecule has 1 saturated heterocycles. The summed E-state index contributed by atoms with van der Waals surface area (Å²) in [6, 6.07) is 1.68. The normalized spacial score (nSPS) is 19.9.